The predicted molar refractivity (Wildman–Crippen MR) is 68.0 cm³/mol. The first kappa shape index (κ1) is 14.0. The number of amides is 1. The second-order valence-corrected chi connectivity index (χ2v) is 6.65. The smallest absolute Gasteiger partial charge is 0.407 e. The number of nitrogens with one attached hydrogen (secondary N) is 1. The molecule has 1 heterocycles. The fourth-order valence-electron chi connectivity index (χ4n) is 1.64. The highest BCUT2D eigenvalue weighted by Crippen LogP contribution is 2.24. The van der Waals surface area contributed by atoms with Gasteiger partial charge in [-0.25, -0.2) is 13.2 Å². The van der Waals surface area contributed by atoms with E-state index in [4.69, 9.17) is 20.2 Å². The summed E-state index contributed by atoms with van der Waals surface area (Å²) in [6, 6.07) is 4.31. The van der Waals surface area contributed by atoms with Gasteiger partial charge in [0.05, 0.1) is 11.4 Å². The molecule has 0 aliphatic carbocycles. The summed E-state index contributed by atoms with van der Waals surface area (Å²) in [5, 5.41) is 2.51. The molecule has 104 valence electrons. The summed E-state index contributed by atoms with van der Waals surface area (Å²) >= 11 is 0. The lowest BCUT2D eigenvalue weighted by Crippen LogP contribution is -2.22. The van der Waals surface area contributed by atoms with E-state index in [0.717, 1.165) is 0 Å². The fraction of sp³-hybridized carbons (Fsp3) is 0.364. The SMILES string of the molecule is Cc1cc(S(=O)(=O)Cl)ccc1OCC1CNC(=O)O1. The van der Waals surface area contributed by atoms with E-state index >= 15 is 0 Å². The normalized spacial score (nSPS) is 18.8. The Labute approximate surface area is 115 Å². The fourth-order valence-corrected chi connectivity index (χ4v) is 2.48. The number of aryl methyl sites for hydroxylation is 1. The van der Waals surface area contributed by atoms with Crippen LogP contribution in [0.1, 0.15) is 5.56 Å². The van der Waals surface area contributed by atoms with Gasteiger partial charge in [-0.05, 0) is 30.7 Å². The number of ether oxygens (including phenoxy) is 2. The van der Waals surface area contributed by atoms with Crippen LogP contribution >= 0.6 is 10.7 Å². The van der Waals surface area contributed by atoms with Gasteiger partial charge in [0, 0.05) is 10.7 Å². The molecule has 0 radical (unpaired) electrons. The van der Waals surface area contributed by atoms with Crippen LogP contribution in [0.15, 0.2) is 23.1 Å². The largest absolute Gasteiger partial charge is 0.489 e. The van der Waals surface area contributed by atoms with Crippen molar-refractivity contribution in [2.24, 2.45) is 0 Å². The monoisotopic (exact) mass is 305 g/mol. The van der Waals surface area contributed by atoms with Crippen molar-refractivity contribution in [2.75, 3.05) is 13.2 Å². The third-order valence-electron chi connectivity index (χ3n) is 2.60. The number of benzene rings is 1. The second-order valence-electron chi connectivity index (χ2n) is 4.08. The van der Waals surface area contributed by atoms with Crippen molar-refractivity contribution in [3.63, 3.8) is 0 Å². The lowest BCUT2D eigenvalue weighted by atomic mass is 10.2. The third-order valence-corrected chi connectivity index (χ3v) is 3.95. The molecular formula is C11H12ClNO5S. The molecule has 1 aliphatic heterocycles. The molecule has 1 aromatic carbocycles. The number of cyclic esters (lactones) is 1. The Bertz CT molecular complexity index is 601. The van der Waals surface area contributed by atoms with E-state index < -0.39 is 15.1 Å². The van der Waals surface area contributed by atoms with Crippen molar-refractivity contribution in [3.8, 4) is 5.75 Å². The van der Waals surface area contributed by atoms with E-state index in [-0.39, 0.29) is 17.6 Å². The molecule has 19 heavy (non-hydrogen) atoms. The predicted octanol–water partition coefficient (Wildman–Crippen LogP) is 1.41. The van der Waals surface area contributed by atoms with Gasteiger partial charge in [-0.2, -0.15) is 0 Å². The molecule has 1 amide bonds. The van der Waals surface area contributed by atoms with Gasteiger partial charge in [-0.15, -0.1) is 0 Å². The first-order chi connectivity index (χ1) is 8.86. The molecule has 2 rings (SSSR count). The molecule has 1 atom stereocenters. The van der Waals surface area contributed by atoms with Crippen molar-refractivity contribution in [1.29, 1.82) is 0 Å². The summed E-state index contributed by atoms with van der Waals surface area (Å²) in [5.41, 5.74) is 0.638. The summed E-state index contributed by atoms with van der Waals surface area (Å²) in [6.07, 6.45) is -0.808. The maximum atomic E-state index is 11.2. The van der Waals surface area contributed by atoms with Crippen LogP contribution in [0.4, 0.5) is 4.79 Å². The highest BCUT2D eigenvalue weighted by Gasteiger charge is 2.23. The molecule has 0 bridgehead atoms. The summed E-state index contributed by atoms with van der Waals surface area (Å²) in [7, 11) is 1.50. The van der Waals surface area contributed by atoms with E-state index in [1.807, 2.05) is 0 Å². The van der Waals surface area contributed by atoms with E-state index in [2.05, 4.69) is 5.32 Å². The topological polar surface area (TPSA) is 81.7 Å². The quantitative estimate of drug-likeness (QED) is 0.851. The van der Waals surface area contributed by atoms with E-state index in [0.29, 0.717) is 17.9 Å². The molecule has 1 fully saturated rings. The van der Waals surface area contributed by atoms with Crippen LogP contribution in [-0.4, -0.2) is 33.8 Å². The maximum absolute atomic E-state index is 11.2. The Morgan fingerprint density at radius 2 is 2.26 bits per heavy atom. The Morgan fingerprint density at radius 1 is 1.53 bits per heavy atom. The molecule has 1 aromatic rings. The number of rotatable bonds is 4. The minimum atomic E-state index is -3.74. The molecule has 0 aromatic heterocycles. The van der Waals surface area contributed by atoms with Crippen LogP contribution in [0.5, 0.6) is 5.75 Å². The first-order valence-electron chi connectivity index (χ1n) is 5.49. The van der Waals surface area contributed by atoms with Gasteiger partial charge in [0.1, 0.15) is 12.4 Å². The zero-order valence-electron chi connectivity index (χ0n) is 10.1. The Kier molecular flexibility index (Phi) is 3.86. The van der Waals surface area contributed by atoms with Crippen molar-refractivity contribution in [2.45, 2.75) is 17.9 Å². The first-order valence-corrected chi connectivity index (χ1v) is 7.80. The van der Waals surface area contributed by atoms with Crippen molar-refractivity contribution < 1.29 is 22.7 Å². The van der Waals surface area contributed by atoms with Crippen LogP contribution in [0.3, 0.4) is 0 Å². The van der Waals surface area contributed by atoms with Gasteiger partial charge in [-0.1, -0.05) is 0 Å². The lowest BCUT2D eigenvalue weighted by Gasteiger charge is -2.12. The second kappa shape index (κ2) is 5.26. The summed E-state index contributed by atoms with van der Waals surface area (Å²) < 4.78 is 32.7. The Balaban J connectivity index is 2.03. The number of hydrogen-bond acceptors (Lipinski definition) is 5. The molecule has 0 saturated carbocycles. The average Bonchev–Trinajstić information content (AvgIpc) is 2.72. The molecule has 6 nitrogen and oxygen atoms in total. The number of hydrogen-bond donors (Lipinski definition) is 1. The zero-order valence-corrected chi connectivity index (χ0v) is 11.6. The van der Waals surface area contributed by atoms with Crippen molar-refractivity contribution >= 4 is 25.8 Å². The molecule has 0 spiro atoms. The van der Waals surface area contributed by atoms with Crippen LogP contribution in [0.25, 0.3) is 0 Å². The summed E-state index contributed by atoms with van der Waals surface area (Å²) in [4.78, 5) is 10.8. The van der Waals surface area contributed by atoms with E-state index in [1.165, 1.54) is 18.2 Å². The van der Waals surface area contributed by atoms with Crippen molar-refractivity contribution in [1.82, 2.24) is 5.32 Å². The van der Waals surface area contributed by atoms with E-state index in [1.54, 1.807) is 6.92 Å². The average molecular weight is 306 g/mol. The van der Waals surface area contributed by atoms with Crippen LogP contribution in [-0.2, 0) is 13.8 Å². The highest BCUT2D eigenvalue weighted by atomic mass is 35.7. The Morgan fingerprint density at radius 3 is 2.79 bits per heavy atom. The number of carbonyl (C=O) groups excluding carboxylic acids is 1. The van der Waals surface area contributed by atoms with Gasteiger partial charge < -0.3 is 14.8 Å². The van der Waals surface area contributed by atoms with Gasteiger partial charge >= 0.3 is 6.09 Å². The third kappa shape index (κ3) is 3.51. The minimum absolute atomic E-state index is 0.0213. The number of halogens is 1. The molecule has 1 N–H and O–H groups in total. The van der Waals surface area contributed by atoms with Gasteiger partial charge in [0.25, 0.3) is 9.05 Å². The summed E-state index contributed by atoms with van der Waals surface area (Å²) in [6.45, 7) is 2.30. The maximum Gasteiger partial charge on any atom is 0.407 e. The zero-order chi connectivity index (χ0) is 14.0. The highest BCUT2D eigenvalue weighted by molar-refractivity contribution is 8.13. The Hall–Kier alpha value is -1.47. The number of alkyl carbamates (subject to hydrolysis) is 1. The molecule has 8 heteroatoms. The van der Waals surface area contributed by atoms with Gasteiger partial charge in [-0.3, -0.25) is 0 Å². The van der Waals surface area contributed by atoms with Crippen LogP contribution in [0.2, 0.25) is 0 Å². The molecule has 1 saturated heterocycles. The molecule has 1 aliphatic rings. The van der Waals surface area contributed by atoms with Crippen LogP contribution in [0, 0.1) is 6.92 Å². The minimum Gasteiger partial charge on any atom is -0.489 e. The van der Waals surface area contributed by atoms with Gasteiger partial charge in [0.2, 0.25) is 0 Å². The molecule has 1 unspecified atom stereocenters. The van der Waals surface area contributed by atoms with E-state index in [9.17, 15) is 13.2 Å². The molecular weight excluding hydrogens is 294 g/mol. The number of carbonyl (C=O) groups is 1. The summed E-state index contributed by atoms with van der Waals surface area (Å²) in [5.74, 6) is 0.520. The van der Waals surface area contributed by atoms with Crippen molar-refractivity contribution in [3.05, 3.63) is 23.8 Å². The standard InChI is InChI=1S/C11H12ClNO5S/c1-7-4-9(19(12,15)16)2-3-10(7)17-6-8-5-13-11(14)18-8/h2-4,8H,5-6H2,1H3,(H,13,14). The lowest BCUT2D eigenvalue weighted by molar-refractivity contribution is 0.104. The van der Waals surface area contributed by atoms with Gasteiger partial charge in [0.15, 0.2) is 6.10 Å². The van der Waals surface area contributed by atoms with Crippen LogP contribution < -0.4 is 10.1 Å².